The number of carbonyl (C=O) groups is 1. The summed E-state index contributed by atoms with van der Waals surface area (Å²) in [5, 5.41) is 9.00. The molecule has 7 nitrogen and oxygen atoms in total. The number of amides is 1. The molecule has 2 saturated carbocycles. The van der Waals surface area contributed by atoms with Gasteiger partial charge in [-0.2, -0.15) is 27.2 Å². The maximum Gasteiger partial charge on any atom is 0.392 e. The van der Waals surface area contributed by atoms with Gasteiger partial charge in [0.05, 0.1) is 24.6 Å². The monoisotopic (exact) mass is 564 g/mol. The number of hydrazine groups is 1. The lowest BCUT2D eigenvalue weighted by molar-refractivity contribution is -0.205. The molecule has 0 bridgehead atoms. The van der Waals surface area contributed by atoms with E-state index in [1.54, 1.807) is 0 Å². The molecule has 5 rings (SSSR count). The van der Waals surface area contributed by atoms with Gasteiger partial charge in [-0.1, -0.05) is 6.42 Å². The highest BCUT2D eigenvalue weighted by atomic mass is 19.4. The minimum atomic E-state index is -4.45. The molecule has 3 saturated heterocycles. The van der Waals surface area contributed by atoms with Gasteiger partial charge in [-0.15, -0.1) is 0 Å². The summed E-state index contributed by atoms with van der Waals surface area (Å²) >= 11 is 0. The molecule has 7 unspecified atom stereocenters. The van der Waals surface area contributed by atoms with E-state index in [0.717, 1.165) is 6.92 Å². The van der Waals surface area contributed by atoms with Crippen molar-refractivity contribution in [3.8, 4) is 6.07 Å². The van der Waals surface area contributed by atoms with E-state index in [0.29, 0.717) is 38.9 Å². The zero-order valence-corrected chi connectivity index (χ0v) is 22.4. The predicted octanol–water partition coefficient (Wildman–Crippen LogP) is 3.35. The fourth-order valence-corrected chi connectivity index (χ4v) is 7.85. The third-order valence-electron chi connectivity index (χ3n) is 10.1. The Hall–Kier alpha value is -1.62. The number of carbonyl (C=O) groups excluding carboxylic acids is 1. The Morgan fingerprint density at radius 3 is 2.38 bits per heavy atom. The highest BCUT2D eigenvalue weighted by molar-refractivity contribution is 5.82. The third kappa shape index (κ3) is 5.15. The zero-order chi connectivity index (χ0) is 28.3. The molecule has 2 aliphatic carbocycles. The van der Waals surface area contributed by atoms with Gasteiger partial charge in [0.15, 0.2) is 5.67 Å². The largest absolute Gasteiger partial charge is 0.392 e. The molecular formula is C26H38F6N6O. The number of nitriles is 1. The molecule has 0 aromatic heterocycles. The molecule has 0 radical (unpaired) electrons. The molecule has 8 atom stereocenters. The van der Waals surface area contributed by atoms with Crippen molar-refractivity contribution in [1.29, 1.82) is 5.26 Å². The zero-order valence-electron chi connectivity index (χ0n) is 22.4. The first-order valence-electron chi connectivity index (χ1n) is 14.0. The van der Waals surface area contributed by atoms with E-state index in [4.69, 9.17) is 5.26 Å². The Kier molecular flexibility index (Phi) is 7.66. The fourth-order valence-electron chi connectivity index (χ4n) is 7.85. The van der Waals surface area contributed by atoms with Crippen LogP contribution < -0.4 is 10.9 Å². The van der Waals surface area contributed by atoms with Crippen LogP contribution in [0.5, 0.6) is 0 Å². The summed E-state index contributed by atoms with van der Waals surface area (Å²) in [6, 6.07) is 1.61. The van der Waals surface area contributed by atoms with E-state index in [2.05, 4.69) is 16.9 Å². The number of likely N-dealkylation sites (tertiary alicyclic amines) is 2. The van der Waals surface area contributed by atoms with Crippen molar-refractivity contribution < 1.29 is 31.1 Å². The molecule has 5 aliphatic rings. The lowest BCUT2D eigenvalue weighted by Crippen LogP contribution is -2.62. The van der Waals surface area contributed by atoms with Crippen molar-refractivity contribution in [2.45, 2.75) is 75.4 Å². The van der Waals surface area contributed by atoms with Gasteiger partial charge in [-0.05, 0) is 57.9 Å². The quantitative estimate of drug-likeness (QED) is 0.483. The molecule has 0 aromatic rings. The Balaban J connectivity index is 1.29. The van der Waals surface area contributed by atoms with E-state index in [-0.39, 0.29) is 50.2 Å². The van der Waals surface area contributed by atoms with E-state index < -0.39 is 53.6 Å². The van der Waals surface area contributed by atoms with Crippen molar-refractivity contribution in [1.82, 2.24) is 25.6 Å². The summed E-state index contributed by atoms with van der Waals surface area (Å²) in [6.45, 7) is 2.49. The molecule has 39 heavy (non-hydrogen) atoms. The molecule has 220 valence electrons. The summed E-state index contributed by atoms with van der Waals surface area (Å²) < 4.78 is 89.4. The average Bonchev–Trinajstić information content (AvgIpc) is 3.43. The van der Waals surface area contributed by atoms with E-state index in [1.165, 1.54) is 16.8 Å². The number of hydrogen-bond acceptors (Lipinski definition) is 6. The van der Waals surface area contributed by atoms with Gasteiger partial charge in [-0.25, -0.2) is 15.2 Å². The molecule has 13 heteroatoms. The molecule has 5 fully saturated rings. The minimum absolute atomic E-state index is 0.00106. The molecule has 0 aromatic carbocycles. The van der Waals surface area contributed by atoms with Crippen LogP contribution >= 0.6 is 0 Å². The lowest BCUT2D eigenvalue weighted by atomic mass is 9.68. The summed E-state index contributed by atoms with van der Waals surface area (Å²) in [4.78, 5) is 18.3. The number of hydrogen-bond donors (Lipinski definition) is 2. The van der Waals surface area contributed by atoms with Crippen LogP contribution in [0.4, 0.5) is 26.3 Å². The van der Waals surface area contributed by atoms with Crippen LogP contribution in [0.3, 0.4) is 0 Å². The predicted molar refractivity (Wildman–Crippen MR) is 129 cm³/mol. The average molecular weight is 565 g/mol. The van der Waals surface area contributed by atoms with Crippen LogP contribution in [0.15, 0.2) is 0 Å². The maximum atomic E-state index is 16.0. The summed E-state index contributed by atoms with van der Waals surface area (Å²) in [6.07, 6.45) is -4.58. The van der Waals surface area contributed by atoms with Crippen LogP contribution in [-0.4, -0.2) is 90.5 Å². The molecule has 1 amide bonds. The van der Waals surface area contributed by atoms with Crippen LogP contribution in [0.2, 0.25) is 0 Å². The second-order valence-corrected chi connectivity index (χ2v) is 12.6. The number of fused-ring (bicyclic) bond motifs is 1. The van der Waals surface area contributed by atoms with Crippen molar-refractivity contribution in [3.63, 3.8) is 0 Å². The third-order valence-corrected chi connectivity index (χ3v) is 10.1. The van der Waals surface area contributed by atoms with Gasteiger partial charge in [0, 0.05) is 44.1 Å². The topological polar surface area (TPSA) is 74.6 Å². The molecule has 3 heterocycles. The first kappa shape index (κ1) is 28.9. The second kappa shape index (κ2) is 10.3. The highest BCUT2D eigenvalue weighted by Gasteiger charge is 2.63. The van der Waals surface area contributed by atoms with E-state index in [9.17, 15) is 18.0 Å². The summed E-state index contributed by atoms with van der Waals surface area (Å²) in [5.41, 5.74) is 2.17. The Morgan fingerprint density at radius 2 is 1.77 bits per heavy atom. The van der Waals surface area contributed by atoms with Crippen molar-refractivity contribution in [3.05, 3.63) is 0 Å². The van der Waals surface area contributed by atoms with Crippen molar-refractivity contribution in [2.75, 3.05) is 39.9 Å². The number of nitrogens with one attached hydrogen (secondary N) is 2. The number of nitrogens with zero attached hydrogens (tertiary/aromatic N) is 4. The van der Waals surface area contributed by atoms with Gasteiger partial charge >= 0.3 is 12.1 Å². The Bertz CT molecular complexity index is 966. The van der Waals surface area contributed by atoms with Crippen molar-refractivity contribution in [2.24, 2.45) is 35.5 Å². The Labute approximate surface area is 225 Å². The van der Waals surface area contributed by atoms with Gasteiger partial charge in [-0.3, -0.25) is 9.69 Å². The van der Waals surface area contributed by atoms with Crippen molar-refractivity contribution >= 4 is 5.91 Å². The number of rotatable bonds is 6. The van der Waals surface area contributed by atoms with Crippen LogP contribution in [0, 0.1) is 46.8 Å². The SMILES string of the molecule is CN1CNNC1C(F)(F)[C@](C)(F)C1CCCC(N2CC3C(CC(CN4CC(C#N)C4)CC3C(F)(F)F)C2=O)C1. The summed E-state index contributed by atoms with van der Waals surface area (Å²) in [7, 11) is 1.46. The van der Waals surface area contributed by atoms with Crippen LogP contribution in [-0.2, 0) is 4.79 Å². The molecule has 3 aliphatic heterocycles. The lowest BCUT2D eigenvalue weighted by Gasteiger charge is -2.45. The Morgan fingerprint density at radius 1 is 1.05 bits per heavy atom. The fraction of sp³-hybridized carbons (Fsp3) is 0.923. The first-order chi connectivity index (χ1) is 18.2. The number of halogens is 6. The van der Waals surface area contributed by atoms with E-state index in [1.807, 2.05) is 4.90 Å². The highest BCUT2D eigenvalue weighted by Crippen LogP contribution is 2.52. The van der Waals surface area contributed by atoms with Crippen LogP contribution in [0.1, 0.15) is 45.4 Å². The normalized spacial score (nSPS) is 38.8. The standard InChI is InChI=1S/C26H38F6N6O/c1-24(27,25(28,29)23-35-34-14-36(23)2)17-4-3-5-18(8-17)38-13-20-19(22(38)39)6-15(7-21(20)26(30,31)32)10-37-11-16(9-33)12-37/h15-21,23,34-35H,3-8,10-14H2,1-2H3/t15?,17?,18?,19?,20?,21?,23?,24-/m1/s1. The molecule has 2 N–H and O–H groups in total. The maximum absolute atomic E-state index is 16.0. The number of alkyl halides is 6. The smallest absolute Gasteiger partial charge is 0.339 e. The van der Waals surface area contributed by atoms with Crippen LogP contribution in [0.25, 0.3) is 0 Å². The van der Waals surface area contributed by atoms with Gasteiger partial charge in [0.1, 0.15) is 6.17 Å². The summed E-state index contributed by atoms with van der Waals surface area (Å²) in [5.74, 6) is -8.80. The van der Waals surface area contributed by atoms with Gasteiger partial charge in [0.25, 0.3) is 0 Å². The molecular weight excluding hydrogens is 526 g/mol. The van der Waals surface area contributed by atoms with E-state index >= 15 is 13.2 Å². The van der Waals surface area contributed by atoms with Gasteiger partial charge in [0.2, 0.25) is 5.91 Å². The second-order valence-electron chi connectivity index (χ2n) is 12.6. The first-order valence-corrected chi connectivity index (χ1v) is 14.0. The molecule has 0 spiro atoms. The van der Waals surface area contributed by atoms with Gasteiger partial charge < -0.3 is 9.80 Å². The minimum Gasteiger partial charge on any atom is -0.339 e.